The summed E-state index contributed by atoms with van der Waals surface area (Å²) in [7, 11) is 1.56. The largest absolute Gasteiger partial charge is 0.478 e. The molecule has 2 N–H and O–H groups in total. The first-order valence-electron chi connectivity index (χ1n) is 6.03. The number of hydrogen-bond acceptors (Lipinski definition) is 4. The molecular formula is C13H16N2O4. The van der Waals surface area contributed by atoms with Crippen molar-refractivity contribution in [3.8, 4) is 0 Å². The highest BCUT2D eigenvalue weighted by Gasteiger charge is 2.27. The van der Waals surface area contributed by atoms with Crippen LogP contribution in [-0.4, -0.2) is 49.8 Å². The summed E-state index contributed by atoms with van der Waals surface area (Å²) in [5.41, 5.74) is 0.469. The Kier molecular flexibility index (Phi) is 4.13. The maximum atomic E-state index is 12.2. The molecule has 2 rings (SSSR count). The molecule has 1 saturated heterocycles. The monoisotopic (exact) mass is 264 g/mol. The van der Waals surface area contributed by atoms with Crippen molar-refractivity contribution >= 4 is 17.6 Å². The molecular weight excluding hydrogens is 248 g/mol. The van der Waals surface area contributed by atoms with E-state index in [1.54, 1.807) is 25.2 Å². The third-order valence-corrected chi connectivity index (χ3v) is 3.03. The van der Waals surface area contributed by atoms with Crippen LogP contribution < -0.4 is 10.2 Å². The number of carbonyl (C=O) groups excluding carboxylic acids is 1. The van der Waals surface area contributed by atoms with E-state index in [1.807, 2.05) is 0 Å². The Hall–Kier alpha value is -1.92. The lowest BCUT2D eigenvalue weighted by Gasteiger charge is -2.27. The van der Waals surface area contributed by atoms with Crippen LogP contribution in [0.1, 0.15) is 10.4 Å². The van der Waals surface area contributed by atoms with Crippen LogP contribution in [0.3, 0.4) is 0 Å². The van der Waals surface area contributed by atoms with E-state index in [9.17, 15) is 9.59 Å². The molecule has 102 valence electrons. The molecule has 0 aromatic heterocycles. The Labute approximate surface area is 111 Å². The molecule has 1 aliphatic heterocycles. The standard InChI is InChI=1S/C13H16N2O4/c1-15(12(16)11-8-14-6-7-19-11)10-5-3-2-4-9(10)13(17)18/h2-5,11,14H,6-8H2,1H3,(H,17,18). The number of nitrogens with one attached hydrogen (secondary N) is 1. The van der Waals surface area contributed by atoms with Gasteiger partial charge in [0.05, 0.1) is 17.9 Å². The molecule has 0 aliphatic carbocycles. The Morgan fingerprint density at radius 2 is 2.16 bits per heavy atom. The van der Waals surface area contributed by atoms with Crippen molar-refractivity contribution in [3.63, 3.8) is 0 Å². The molecule has 1 heterocycles. The third-order valence-electron chi connectivity index (χ3n) is 3.03. The zero-order valence-corrected chi connectivity index (χ0v) is 10.6. The summed E-state index contributed by atoms with van der Waals surface area (Å²) in [5, 5.41) is 12.2. The van der Waals surface area contributed by atoms with Gasteiger partial charge >= 0.3 is 5.97 Å². The number of amides is 1. The molecule has 6 nitrogen and oxygen atoms in total. The van der Waals surface area contributed by atoms with Gasteiger partial charge in [0.1, 0.15) is 6.10 Å². The van der Waals surface area contributed by atoms with Crippen LogP contribution in [0.4, 0.5) is 5.69 Å². The van der Waals surface area contributed by atoms with Gasteiger partial charge in [-0.25, -0.2) is 4.79 Å². The molecule has 0 saturated carbocycles. The fourth-order valence-corrected chi connectivity index (χ4v) is 2.01. The van der Waals surface area contributed by atoms with Gasteiger partial charge in [0.15, 0.2) is 0 Å². The topological polar surface area (TPSA) is 78.9 Å². The third kappa shape index (κ3) is 2.91. The van der Waals surface area contributed by atoms with Crippen LogP contribution in [0.25, 0.3) is 0 Å². The van der Waals surface area contributed by atoms with Gasteiger partial charge in [0.25, 0.3) is 5.91 Å². The molecule has 1 aliphatic rings. The Bertz CT molecular complexity index is 483. The van der Waals surface area contributed by atoms with E-state index in [1.165, 1.54) is 11.0 Å². The van der Waals surface area contributed by atoms with E-state index in [4.69, 9.17) is 9.84 Å². The first-order valence-corrected chi connectivity index (χ1v) is 6.03. The van der Waals surface area contributed by atoms with Crippen LogP contribution in [0.5, 0.6) is 0 Å². The van der Waals surface area contributed by atoms with Gasteiger partial charge in [0, 0.05) is 20.1 Å². The molecule has 0 spiro atoms. The van der Waals surface area contributed by atoms with Gasteiger partial charge in [-0.2, -0.15) is 0 Å². The second-order valence-corrected chi connectivity index (χ2v) is 4.28. The van der Waals surface area contributed by atoms with Gasteiger partial charge in [-0.15, -0.1) is 0 Å². The van der Waals surface area contributed by atoms with Gasteiger partial charge < -0.3 is 20.1 Å². The minimum atomic E-state index is -1.06. The Morgan fingerprint density at radius 3 is 2.79 bits per heavy atom. The lowest BCUT2D eigenvalue weighted by atomic mass is 10.1. The SMILES string of the molecule is CN(C(=O)C1CNCCO1)c1ccccc1C(=O)O. The maximum absolute atomic E-state index is 12.2. The average molecular weight is 264 g/mol. The zero-order valence-electron chi connectivity index (χ0n) is 10.6. The van der Waals surface area contributed by atoms with E-state index in [-0.39, 0.29) is 11.5 Å². The minimum absolute atomic E-state index is 0.0992. The number of rotatable bonds is 3. The summed E-state index contributed by atoms with van der Waals surface area (Å²) >= 11 is 0. The van der Waals surface area contributed by atoms with Crippen molar-refractivity contribution in [2.45, 2.75) is 6.10 Å². The highest BCUT2D eigenvalue weighted by atomic mass is 16.5. The smallest absolute Gasteiger partial charge is 0.337 e. The van der Waals surface area contributed by atoms with Gasteiger partial charge in [-0.1, -0.05) is 12.1 Å². The van der Waals surface area contributed by atoms with Crippen molar-refractivity contribution in [2.24, 2.45) is 0 Å². The number of hydrogen-bond donors (Lipinski definition) is 2. The summed E-state index contributed by atoms with van der Waals surface area (Å²) < 4.78 is 5.38. The van der Waals surface area contributed by atoms with Crippen molar-refractivity contribution < 1.29 is 19.4 Å². The number of morpholine rings is 1. The van der Waals surface area contributed by atoms with Crippen LogP contribution in [0, 0.1) is 0 Å². The fraction of sp³-hybridized carbons (Fsp3) is 0.385. The van der Waals surface area contributed by atoms with Crippen LogP contribution in [0.2, 0.25) is 0 Å². The number of carbonyl (C=O) groups is 2. The first kappa shape index (κ1) is 13.5. The summed E-state index contributed by atoms with van der Waals surface area (Å²) in [6.07, 6.45) is -0.569. The van der Waals surface area contributed by atoms with E-state index in [2.05, 4.69) is 5.32 Å². The highest BCUT2D eigenvalue weighted by Crippen LogP contribution is 2.20. The number of aromatic carboxylic acids is 1. The average Bonchev–Trinajstić information content (AvgIpc) is 2.46. The summed E-state index contributed by atoms with van der Waals surface area (Å²) in [5.74, 6) is -1.31. The molecule has 6 heteroatoms. The van der Waals surface area contributed by atoms with E-state index in [0.717, 1.165) is 6.54 Å². The number of ether oxygens (including phenoxy) is 1. The molecule has 1 amide bonds. The van der Waals surface area contributed by atoms with E-state index >= 15 is 0 Å². The maximum Gasteiger partial charge on any atom is 0.337 e. The van der Waals surface area contributed by atoms with Crippen LogP contribution in [-0.2, 0) is 9.53 Å². The second kappa shape index (κ2) is 5.81. The number of likely N-dealkylation sites (N-methyl/N-ethyl adjacent to an activating group) is 1. The Balaban J connectivity index is 2.21. The van der Waals surface area contributed by atoms with Crippen molar-refractivity contribution in [1.29, 1.82) is 0 Å². The molecule has 1 atom stereocenters. The molecule has 0 bridgehead atoms. The zero-order chi connectivity index (χ0) is 13.8. The Morgan fingerprint density at radius 1 is 1.42 bits per heavy atom. The minimum Gasteiger partial charge on any atom is -0.478 e. The molecule has 1 unspecified atom stereocenters. The number of carboxylic acids is 1. The molecule has 1 aromatic carbocycles. The summed E-state index contributed by atoms with van der Waals surface area (Å²) in [4.78, 5) is 24.7. The number of carboxylic acid groups (broad SMARTS) is 1. The predicted molar refractivity (Wildman–Crippen MR) is 69.4 cm³/mol. The summed E-state index contributed by atoms with van der Waals surface area (Å²) in [6.45, 7) is 1.64. The number of benzene rings is 1. The van der Waals surface area contributed by atoms with Crippen LogP contribution in [0.15, 0.2) is 24.3 Å². The molecule has 1 aromatic rings. The highest BCUT2D eigenvalue weighted by molar-refractivity contribution is 6.03. The number of anilines is 1. The van der Waals surface area contributed by atoms with E-state index < -0.39 is 12.1 Å². The lowest BCUT2D eigenvalue weighted by Crippen LogP contribution is -2.48. The van der Waals surface area contributed by atoms with Crippen molar-refractivity contribution in [2.75, 3.05) is 31.6 Å². The predicted octanol–water partition coefficient (Wildman–Crippen LogP) is 0.336. The first-order chi connectivity index (χ1) is 9.11. The molecule has 19 heavy (non-hydrogen) atoms. The van der Waals surface area contributed by atoms with Gasteiger partial charge in [-0.3, -0.25) is 4.79 Å². The van der Waals surface area contributed by atoms with E-state index in [0.29, 0.717) is 18.8 Å². The second-order valence-electron chi connectivity index (χ2n) is 4.28. The number of para-hydroxylation sites is 1. The lowest BCUT2D eigenvalue weighted by molar-refractivity contribution is -0.131. The fourth-order valence-electron chi connectivity index (χ4n) is 2.01. The quantitative estimate of drug-likeness (QED) is 0.823. The number of nitrogens with zero attached hydrogens (tertiary/aromatic N) is 1. The van der Waals surface area contributed by atoms with Crippen molar-refractivity contribution in [1.82, 2.24) is 5.32 Å². The summed E-state index contributed by atoms with van der Waals surface area (Å²) in [6, 6.07) is 6.41. The van der Waals surface area contributed by atoms with Crippen molar-refractivity contribution in [3.05, 3.63) is 29.8 Å². The van der Waals surface area contributed by atoms with Gasteiger partial charge in [0.2, 0.25) is 0 Å². The normalized spacial score (nSPS) is 18.9. The molecule has 1 fully saturated rings. The van der Waals surface area contributed by atoms with Crippen LogP contribution >= 0.6 is 0 Å². The van der Waals surface area contributed by atoms with Gasteiger partial charge in [-0.05, 0) is 12.1 Å². The molecule has 0 radical (unpaired) electrons.